The number of hydrogen-bond donors (Lipinski definition) is 2. The lowest BCUT2D eigenvalue weighted by Crippen LogP contribution is -2.22. The molecule has 1 heterocycles. The first kappa shape index (κ1) is 5.71. The summed E-state index contributed by atoms with van der Waals surface area (Å²) in [7, 11) is 0. The molecule has 0 bridgehead atoms. The van der Waals surface area contributed by atoms with Gasteiger partial charge >= 0.3 is 0 Å². The molecule has 1 unspecified atom stereocenters. The number of amidine groups is 1. The van der Waals surface area contributed by atoms with Crippen LogP contribution in [0.3, 0.4) is 0 Å². The highest BCUT2D eigenvalue weighted by Gasteiger charge is 2.08. The van der Waals surface area contributed by atoms with Crippen LogP contribution in [0, 0.1) is 0 Å². The number of aliphatic imine (C=N–C) groups is 1. The molecule has 0 amide bonds. The first-order valence-corrected chi connectivity index (χ1v) is 3.30. The van der Waals surface area contributed by atoms with Crippen LogP contribution in [-0.4, -0.2) is 27.0 Å². The van der Waals surface area contributed by atoms with Gasteiger partial charge in [0.25, 0.3) is 0 Å². The van der Waals surface area contributed by atoms with Crippen molar-refractivity contribution in [3.8, 4) is 0 Å². The molecule has 0 saturated carbocycles. The molecule has 0 saturated heterocycles. The molecule has 46 valence electrons. The van der Waals surface area contributed by atoms with Crippen LogP contribution < -0.4 is 5.32 Å². The van der Waals surface area contributed by atoms with Gasteiger partial charge in [0.05, 0.1) is 6.54 Å². The number of rotatable bonds is 0. The Bertz CT molecular complexity index is 144. The van der Waals surface area contributed by atoms with Gasteiger partial charge in [0.1, 0.15) is 0 Å². The molecule has 0 spiro atoms. The predicted octanol–water partition coefficient (Wildman–Crippen LogP) is -0.833. The lowest BCUT2D eigenvalue weighted by Gasteiger charge is -1.90. The quantitative estimate of drug-likeness (QED) is 0.425. The standard InChI is InChI=1S/C3H6N2O2S/c6-8(7)3-4-1-2-5-3/h1-2H2,(H,4,5)(H,6,7). The fraction of sp³-hybridized carbons (Fsp3) is 0.667. The smallest absolute Gasteiger partial charge is 0.222 e. The number of nitrogens with zero attached hydrogens (tertiary/aromatic N) is 1. The van der Waals surface area contributed by atoms with E-state index in [0.29, 0.717) is 13.1 Å². The van der Waals surface area contributed by atoms with Gasteiger partial charge in [-0.15, -0.1) is 0 Å². The minimum Gasteiger partial charge on any atom is -0.359 e. The molecule has 0 aromatic heterocycles. The van der Waals surface area contributed by atoms with Crippen LogP contribution in [0.4, 0.5) is 0 Å². The van der Waals surface area contributed by atoms with Crippen molar-refractivity contribution in [2.24, 2.45) is 4.99 Å². The van der Waals surface area contributed by atoms with Gasteiger partial charge in [-0.3, -0.25) is 9.55 Å². The topological polar surface area (TPSA) is 61.7 Å². The van der Waals surface area contributed by atoms with E-state index in [2.05, 4.69) is 10.3 Å². The number of nitrogens with one attached hydrogen (secondary N) is 1. The Labute approximate surface area is 49.3 Å². The molecule has 0 aromatic rings. The molecule has 1 aliphatic heterocycles. The summed E-state index contributed by atoms with van der Waals surface area (Å²) in [4.78, 5) is 3.69. The van der Waals surface area contributed by atoms with Gasteiger partial charge in [-0.1, -0.05) is 0 Å². The van der Waals surface area contributed by atoms with Crippen LogP contribution in [-0.2, 0) is 11.1 Å². The second-order valence-corrected chi connectivity index (χ2v) is 2.25. The van der Waals surface area contributed by atoms with E-state index in [1.807, 2.05) is 0 Å². The van der Waals surface area contributed by atoms with Crippen molar-refractivity contribution in [1.29, 1.82) is 0 Å². The van der Waals surface area contributed by atoms with Crippen LogP contribution in [0.15, 0.2) is 4.99 Å². The normalized spacial score (nSPS) is 21.9. The average Bonchev–Trinajstić information content (AvgIpc) is 2.12. The van der Waals surface area contributed by atoms with Crippen molar-refractivity contribution in [3.05, 3.63) is 0 Å². The van der Waals surface area contributed by atoms with Crippen LogP contribution in [0.25, 0.3) is 0 Å². The zero-order valence-electron chi connectivity index (χ0n) is 4.13. The maximum atomic E-state index is 10.1. The molecule has 8 heavy (non-hydrogen) atoms. The van der Waals surface area contributed by atoms with E-state index >= 15 is 0 Å². The first-order valence-electron chi connectivity index (χ1n) is 2.20. The lowest BCUT2D eigenvalue weighted by molar-refractivity contribution is 0.576. The maximum Gasteiger partial charge on any atom is 0.222 e. The van der Waals surface area contributed by atoms with Gasteiger partial charge in [-0.2, -0.15) is 0 Å². The van der Waals surface area contributed by atoms with Crippen LogP contribution in [0.1, 0.15) is 0 Å². The highest BCUT2D eigenvalue weighted by atomic mass is 32.2. The Morgan fingerprint density at radius 3 is 2.88 bits per heavy atom. The summed E-state index contributed by atoms with van der Waals surface area (Å²) < 4.78 is 18.5. The Balaban J connectivity index is 2.57. The van der Waals surface area contributed by atoms with Gasteiger partial charge in [0, 0.05) is 6.54 Å². The van der Waals surface area contributed by atoms with Crippen molar-refractivity contribution in [1.82, 2.24) is 5.32 Å². The van der Waals surface area contributed by atoms with Crippen molar-refractivity contribution < 1.29 is 8.76 Å². The molecule has 2 N–H and O–H groups in total. The zero-order valence-corrected chi connectivity index (χ0v) is 4.94. The van der Waals surface area contributed by atoms with Crippen molar-refractivity contribution >= 4 is 16.2 Å². The zero-order chi connectivity index (χ0) is 5.98. The third-order valence-electron chi connectivity index (χ3n) is 0.809. The molecule has 0 fully saturated rings. The molecule has 4 nitrogen and oxygen atoms in total. The summed E-state index contributed by atoms with van der Waals surface area (Å²) in [5.74, 6) is 0. The number of hydrogen-bond acceptors (Lipinski definition) is 3. The monoisotopic (exact) mass is 134 g/mol. The van der Waals surface area contributed by atoms with E-state index in [-0.39, 0.29) is 5.17 Å². The van der Waals surface area contributed by atoms with E-state index < -0.39 is 11.1 Å². The highest BCUT2D eigenvalue weighted by Crippen LogP contribution is 1.86. The molecule has 1 rings (SSSR count). The Morgan fingerprint density at radius 1 is 1.88 bits per heavy atom. The fourth-order valence-corrected chi connectivity index (χ4v) is 0.920. The SMILES string of the molecule is O=S(O)C1=NCCN1. The summed E-state index contributed by atoms with van der Waals surface area (Å²) in [6.07, 6.45) is 0. The Hall–Kier alpha value is -0.420. The predicted molar refractivity (Wildman–Crippen MR) is 31.1 cm³/mol. The van der Waals surface area contributed by atoms with Gasteiger partial charge < -0.3 is 5.32 Å². The van der Waals surface area contributed by atoms with E-state index in [1.165, 1.54) is 0 Å². The molecular weight excluding hydrogens is 128 g/mol. The lowest BCUT2D eigenvalue weighted by atomic mass is 10.7. The first-order chi connectivity index (χ1) is 3.80. The van der Waals surface area contributed by atoms with E-state index in [9.17, 15) is 4.21 Å². The van der Waals surface area contributed by atoms with E-state index in [4.69, 9.17) is 4.55 Å². The van der Waals surface area contributed by atoms with Gasteiger partial charge in [-0.25, -0.2) is 4.21 Å². The molecule has 1 aliphatic rings. The summed E-state index contributed by atoms with van der Waals surface area (Å²) in [6.45, 7) is 1.29. The second kappa shape index (κ2) is 2.23. The second-order valence-electron chi connectivity index (χ2n) is 1.36. The summed E-state index contributed by atoms with van der Waals surface area (Å²) >= 11 is -1.90. The van der Waals surface area contributed by atoms with Crippen molar-refractivity contribution in [3.63, 3.8) is 0 Å². The van der Waals surface area contributed by atoms with Crippen LogP contribution >= 0.6 is 0 Å². The third kappa shape index (κ3) is 1.05. The summed E-state index contributed by atoms with van der Waals surface area (Å²) in [5, 5.41) is 2.85. The van der Waals surface area contributed by atoms with Gasteiger partial charge in [-0.05, 0) is 0 Å². The van der Waals surface area contributed by atoms with E-state index in [1.54, 1.807) is 0 Å². The largest absolute Gasteiger partial charge is 0.359 e. The fourth-order valence-electron chi connectivity index (χ4n) is 0.493. The third-order valence-corrected chi connectivity index (χ3v) is 1.41. The molecule has 0 aromatic carbocycles. The van der Waals surface area contributed by atoms with Crippen LogP contribution in [0.5, 0.6) is 0 Å². The highest BCUT2D eigenvalue weighted by molar-refractivity contribution is 7.95. The van der Waals surface area contributed by atoms with Gasteiger partial charge in [0.15, 0.2) is 0 Å². The van der Waals surface area contributed by atoms with Crippen molar-refractivity contribution in [2.75, 3.05) is 13.1 Å². The van der Waals surface area contributed by atoms with E-state index in [0.717, 1.165) is 0 Å². The summed E-state index contributed by atoms with van der Waals surface area (Å²) in [6, 6.07) is 0. The summed E-state index contributed by atoms with van der Waals surface area (Å²) in [5.41, 5.74) is 0. The minimum absolute atomic E-state index is 0.199. The van der Waals surface area contributed by atoms with Crippen molar-refractivity contribution in [2.45, 2.75) is 0 Å². The average molecular weight is 134 g/mol. The molecule has 1 atom stereocenters. The Kier molecular flexibility index (Phi) is 1.59. The minimum atomic E-state index is -1.90. The maximum absolute atomic E-state index is 10.1. The van der Waals surface area contributed by atoms with Gasteiger partial charge in [0.2, 0.25) is 16.2 Å². The molecule has 5 heteroatoms. The molecule has 0 radical (unpaired) electrons. The molecular formula is C3H6N2O2S. The Morgan fingerprint density at radius 2 is 2.62 bits per heavy atom. The molecule has 0 aliphatic carbocycles. The van der Waals surface area contributed by atoms with Crippen LogP contribution in [0.2, 0.25) is 0 Å².